The molecule has 0 aliphatic carbocycles. The van der Waals surface area contributed by atoms with Crippen LogP contribution in [0.4, 0.5) is 0 Å². The molecule has 0 radical (unpaired) electrons. The van der Waals surface area contributed by atoms with Crippen molar-refractivity contribution in [2.45, 2.75) is 33.2 Å². The first-order chi connectivity index (χ1) is 8.83. The Kier molecular flexibility index (Phi) is 5.20. The number of nitrogens with zero attached hydrogens (tertiary/aromatic N) is 1. The van der Waals surface area contributed by atoms with Gasteiger partial charge in [0.1, 0.15) is 19.5 Å². The molecule has 0 aromatic rings. The molecule has 1 N–H and O–H groups in total. The van der Waals surface area contributed by atoms with Crippen LogP contribution < -0.4 is 5.32 Å². The van der Waals surface area contributed by atoms with Gasteiger partial charge in [0, 0.05) is 12.1 Å². The standard InChI is InChI=1S/C13H22N2O4/c1-5-15(8-11(16)14-13(2,3)4)12(17)10-9-18-6-7-19-10/h9H,5-8H2,1-4H3,(H,14,16). The van der Waals surface area contributed by atoms with E-state index in [4.69, 9.17) is 9.47 Å². The van der Waals surface area contributed by atoms with E-state index in [-0.39, 0.29) is 29.7 Å². The highest BCUT2D eigenvalue weighted by Crippen LogP contribution is 2.09. The fourth-order valence-corrected chi connectivity index (χ4v) is 1.59. The molecule has 0 bridgehead atoms. The van der Waals surface area contributed by atoms with Crippen molar-refractivity contribution in [3.05, 3.63) is 12.0 Å². The van der Waals surface area contributed by atoms with Gasteiger partial charge in [-0.2, -0.15) is 0 Å². The molecule has 6 nitrogen and oxygen atoms in total. The second-order valence-corrected chi connectivity index (χ2v) is 5.32. The van der Waals surface area contributed by atoms with E-state index in [0.717, 1.165) is 0 Å². The molecule has 0 saturated heterocycles. The molecule has 2 amide bonds. The van der Waals surface area contributed by atoms with E-state index in [9.17, 15) is 9.59 Å². The van der Waals surface area contributed by atoms with Gasteiger partial charge in [0.15, 0.2) is 0 Å². The van der Waals surface area contributed by atoms with Gasteiger partial charge in [-0.25, -0.2) is 0 Å². The molecular formula is C13H22N2O4. The summed E-state index contributed by atoms with van der Waals surface area (Å²) in [5.41, 5.74) is -0.316. The van der Waals surface area contributed by atoms with E-state index in [2.05, 4.69) is 5.32 Å². The lowest BCUT2D eigenvalue weighted by molar-refractivity contribution is -0.137. The normalized spacial score (nSPS) is 14.8. The topological polar surface area (TPSA) is 67.9 Å². The summed E-state index contributed by atoms with van der Waals surface area (Å²) in [7, 11) is 0. The summed E-state index contributed by atoms with van der Waals surface area (Å²) >= 11 is 0. The van der Waals surface area contributed by atoms with Gasteiger partial charge in [0.2, 0.25) is 11.7 Å². The highest BCUT2D eigenvalue weighted by Gasteiger charge is 2.24. The number of likely N-dealkylation sites (N-methyl/N-ethyl adjacent to an activating group) is 1. The van der Waals surface area contributed by atoms with Gasteiger partial charge in [0.05, 0.1) is 6.54 Å². The van der Waals surface area contributed by atoms with Crippen LogP contribution in [0.15, 0.2) is 12.0 Å². The molecule has 1 heterocycles. The molecule has 1 aliphatic heterocycles. The molecule has 0 atom stereocenters. The van der Waals surface area contributed by atoms with Crippen LogP contribution in [0.1, 0.15) is 27.7 Å². The maximum atomic E-state index is 12.1. The first kappa shape index (κ1) is 15.3. The van der Waals surface area contributed by atoms with Crippen LogP contribution in [0.25, 0.3) is 0 Å². The molecule has 0 spiro atoms. The summed E-state index contributed by atoms with van der Waals surface area (Å²) in [5.74, 6) is -0.372. The fraction of sp³-hybridized carbons (Fsp3) is 0.692. The van der Waals surface area contributed by atoms with Crippen LogP contribution in [0.5, 0.6) is 0 Å². The van der Waals surface area contributed by atoms with Crippen molar-refractivity contribution in [3.63, 3.8) is 0 Å². The third kappa shape index (κ3) is 5.19. The van der Waals surface area contributed by atoms with Gasteiger partial charge < -0.3 is 19.7 Å². The van der Waals surface area contributed by atoms with Crippen LogP contribution in [0.3, 0.4) is 0 Å². The van der Waals surface area contributed by atoms with Gasteiger partial charge in [-0.15, -0.1) is 0 Å². The van der Waals surface area contributed by atoms with Crippen molar-refractivity contribution >= 4 is 11.8 Å². The summed E-state index contributed by atoms with van der Waals surface area (Å²) < 4.78 is 10.3. The molecule has 0 aromatic carbocycles. The van der Waals surface area contributed by atoms with E-state index in [0.29, 0.717) is 19.8 Å². The molecule has 1 aliphatic rings. The number of ether oxygens (including phenoxy) is 2. The molecule has 108 valence electrons. The lowest BCUT2D eigenvalue weighted by atomic mass is 10.1. The van der Waals surface area contributed by atoms with Crippen molar-refractivity contribution in [2.24, 2.45) is 0 Å². The highest BCUT2D eigenvalue weighted by atomic mass is 16.6. The monoisotopic (exact) mass is 270 g/mol. The average Bonchev–Trinajstić information content (AvgIpc) is 2.34. The second-order valence-electron chi connectivity index (χ2n) is 5.32. The van der Waals surface area contributed by atoms with Crippen LogP contribution in [-0.2, 0) is 19.1 Å². The first-order valence-corrected chi connectivity index (χ1v) is 6.38. The third-order valence-corrected chi connectivity index (χ3v) is 2.38. The summed E-state index contributed by atoms with van der Waals surface area (Å²) in [4.78, 5) is 25.3. The number of hydrogen-bond acceptors (Lipinski definition) is 4. The lowest BCUT2D eigenvalue weighted by Gasteiger charge is -2.26. The molecule has 0 unspecified atom stereocenters. The van der Waals surface area contributed by atoms with E-state index in [1.807, 2.05) is 27.7 Å². The summed E-state index contributed by atoms with van der Waals surface area (Å²) in [6.07, 6.45) is 1.30. The van der Waals surface area contributed by atoms with Gasteiger partial charge in [-0.05, 0) is 27.7 Å². The lowest BCUT2D eigenvalue weighted by Crippen LogP contribution is -2.47. The fourth-order valence-electron chi connectivity index (χ4n) is 1.59. The first-order valence-electron chi connectivity index (χ1n) is 6.38. The molecule has 0 aromatic heterocycles. The van der Waals surface area contributed by atoms with Crippen molar-refractivity contribution in [1.82, 2.24) is 10.2 Å². The third-order valence-electron chi connectivity index (χ3n) is 2.38. The Morgan fingerprint density at radius 1 is 1.37 bits per heavy atom. The Bertz CT molecular complexity index is 371. The van der Waals surface area contributed by atoms with Crippen LogP contribution >= 0.6 is 0 Å². The Morgan fingerprint density at radius 3 is 2.53 bits per heavy atom. The SMILES string of the molecule is CCN(CC(=O)NC(C)(C)C)C(=O)C1=COCCO1. The zero-order chi connectivity index (χ0) is 14.5. The summed E-state index contributed by atoms with van der Waals surface area (Å²) in [6, 6.07) is 0. The quantitative estimate of drug-likeness (QED) is 0.814. The number of amides is 2. The zero-order valence-corrected chi connectivity index (χ0v) is 12.0. The van der Waals surface area contributed by atoms with Crippen LogP contribution in [-0.4, -0.2) is 48.6 Å². The maximum absolute atomic E-state index is 12.1. The van der Waals surface area contributed by atoms with E-state index in [1.54, 1.807) is 0 Å². The van der Waals surface area contributed by atoms with Crippen molar-refractivity contribution < 1.29 is 19.1 Å². The Hall–Kier alpha value is -1.72. The minimum Gasteiger partial charge on any atom is -0.494 e. The Labute approximate surface area is 113 Å². The van der Waals surface area contributed by atoms with Gasteiger partial charge >= 0.3 is 0 Å². The molecule has 0 saturated carbocycles. The average molecular weight is 270 g/mol. The largest absolute Gasteiger partial charge is 0.494 e. The molecule has 0 fully saturated rings. The molecule has 19 heavy (non-hydrogen) atoms. The Morgan fingerprint density at radius 2 is 2.05 bits per heavy atom. The maximum Gasteiger partial charge on any atom is 0.292 e. The Balaban J connectivity index is 2.60. The van der Waals surface area contributed by atoms with E-state index in [1.165, 1.54) is 11.2 Å². The second kappa shape index (κ2) is 6.45. The number of rotatable bonds is 4. The predicted molar refractivity (Wildman–Crippen MR) is 70.1 cm³/mol. The van der Waals surface area contributed by atoms with Gasteiger partial charge in [-0.3, -0.25) is 9.59 Å². The smallest absolute Gasteiger partial charge is 0.292 e. The van der Waals surface area contributed by atoms with Gasteiger partial charge in [0.25, 0.3) is 5.91 Å². The van der Waals surface area contributed by atoms with Crippen molar-refractivity contribution in [1.29, 1.82) is 0 Å². The van der Waals surface area contributed by atoms with Crippen LogP contribution in [0, 0.1) is 0 Å². The molecule has 6 heteroatoms. The highest BCUT2D eigenvalue weighted by molar-refractivity contribution is 5.94. The summed E-state index contributed by atoms with van der Waals surface area (Å²) in [5, 5.41) is 2.82. The van der Waals surface area contributed by atoms with Crippen LogP contribution in [0.2, 0.25) is 0 Å². The van der Waals surface area contributed by atoms with E-state index >= 15 is 0 Å². The van der Waals surface area contributed by atoms with Crippen molar-refractivity contribution in [3.8, 4) is 0 Å². The minimum atomic E-state index is -0.328. The zero-order valence-electron chi connectivity index (χ0n) is 12.0. The summed E-state index contributed by atoms with van der Waals surface area (Å²) in [6.45, 7) is 8.71. The number of nitrogens with one attached hydrogen (secondary N) is 1. The van der Waals surface area contributed by atoms with Gasteiger partial charge in [-0.1, -0.05) is 0 Å². The predicted octanol–water partition coefficient (Wildman–Crippen LogP) is 0.638. The number of carbonyl (C=O) groups excluding carboxylic acids is 2. The number of carbonyl (C=O) groups is 2. The molecule has 1 rings (SSSR count). The van der Waals surface area contributed by atoms with E-state index < -0.39 is 0 Å². The number of hydrogen-bond donors (Lipinski definition) is 1. The van der Waals surface area contributed by atoms with Crippen molar-refractivity contribution in [2.75, 3.05) is 26.3 Å². The minimum absolute atomic E-state index is 0.00725. The molecular weight excluding hydrogens is 248 g/mol.